The van der Waals surface area contributed by atoms with Gasteiger partial charge in [0.2, 0.25) is 0 Å². The van der Waals surface area contributed by atoms with Crippen LogP contribution in [0.1, 0.15) is 27.2 Å². The van der Waals surface area contributed by atoms with E-state index in [2.05, 4.69) is 37.3 Å². The quantitative estimate of drug-likeness (QED) is 0.807. The van der Waals surface area contributed by atoms with Gasteiger partial charge in [-0.25, -0.2) is 0 Å². The minimum absolute atomic E-state index is 0.270. The molecule has 1 aliphatic heterocycles. The molecule has 2 atom stereocenters. The molecule has 0 aromatic heterocycles. The Bertz CT molecular complexity index is 231. The molecule has 4 heteroatoms. The van der Waals surface area contributed by atoms with E-state index in [4.69, 9.17) is 0 Å². The molecule has 2 nitrogen and oxygen atoms in total. The zero-order valence-corrected chi connectivity index (χ0v) is 11.8. The maximum absolute atomic E-state index is 4.64. The molecular formula is C11H22N2S2. The van der Waals surface area contributed by atoms with Crippen LogP contribution in [0.5, 0.6) is 0 Å². The maximum atomic E-state index is 4.64. The average molecular weight is 246 g/mol. The van der Waals surface area contributed by atoms with Gasteiger partial charge >= 0.3 is 0 Å². The molecule has 0 aliphatic carbocycles. The van der Waals surface area contributed by atoms with Crippen molar-refractivity contribution in [3.8, 4) is 0 Å². The molecule has 1 fully saturated rings. The van der Waals surface area contributed by atoms with E-state index in [1.807, 2.05) is 23.5 Å². The zero-order valence-electron chi connectivity index (χ0n) is 10.2. The van der Waals surface area contributed by atoms with Crippen molar-refractivity contribution in [2.24, 2.45) is 10.9 Å². The van der Waals surface area contributed by atoms with Crippen LogP contribution in [0.2, 0.25) is 0 Å². The molecule has 0 amide bonds. The Morgan fingerprint density at radius 1 is 1.67 bits per heavy atom. The summed E-state index contributed by atoms with van der Waals surface area (Å²) in [7, 11) is 0. The van der Waals surface area contributed by atoms with Crippen molar-refractivity contribution >= 4 is 28.7 Å². The molecule has 0 saturated carbocycles. The third-order valence-corrected chi connectivity index (χ3v) is 4.90. The van der Waals surface area contributed by atoms with E-state index in [9.17, 15) is 0 Å². The zero-order chi connectivity index (χ0) is 11.3. The standard InChI is InChI=1S/C11H22N2S2/c1-5-11(3)8-15-10(13-11)12-6-9(2)7-14-4/h9H,5-8H2,1-4H3,(H,12,13). The lowest BCUT2D eigenvalue weighted by Crippen LogP contribution is -2.39. The van der Waals surface area contributed by atoms with E-state index in [0.717, 1.165) is 17.5 Å². The Kier molecular flexibility index (Phi) is 5.33. The van der Waals surface area contributed by atoms with Crippen LogP contribution in [0.15, 0.2) is 4.99 Å². The number of rotatable bonds is 5. The van der Waals surface area contributed by atoms with Crippen molar-refractivity contribution in [1.29, 1.82) is 0 Å². The second-order valence-electron chi connectivity index (χ2n) is 4.53. The molecule has 1 heterocycles. The first kappa shape index (κ1) is 13.2. The molecule has 1 N–H and O–H groups in total. The molecule has 0 radical (unpaired) electrons. The predicted molar refractivity (Wildman–Crippen MR) is 74.1 cm³/mol. The Hall–Kier alpha value is 0.170. The van der Waals surface area contributed by atoms with Crippen molar-refractivity contribution in [2.75, 3.05) is 24.3 Å². The smallest absolute Gasteiger partial charge is 0.157 e. The summed E-state index contributed by atoms with van der Waals surface area (Å²) in [4.78, 5) is 4.64. The number of hydrogen-bond acceptors (Lipinski definition) is 3. The summed E-state index contributed by atoms with van der Waals surface area (Å²) in [6.45, 7) is 7.72. The predicted octanol–water partition coefficient (Wildman–Crippen LogP) is 2.85. The van der Waals surface area contributed by atoms with Gasteiger partial charge < -0.3 is 5.32 Å². The number of thioether (sulfide) groups is 2. The summed E-state index contributed by atoms with van der Waals surface area (Å²) in [6, 6.07) is 0. The molecule has 1 saturated heterocycles. The Morgan fingerprint density at radius 2 is 2.40 bits per heavy atom. The first-order valence-corrected chi connectivity index (χ1v) is 7.92. The molecule has 0 aromatic carbocycles. The highest BCUT2D eigenvalue weighted by Gasteiger charge is 2.30. The third kappa shape index (κ3) is 4.27. The number of aliphatic imine (C=N–C) groups is 1. The second kappa shape index (κ2) is 6.04. The van der Waals surface area contributed by atoms with E-state index in [1.54, 1.807) is 0 Å². The molecule has 0 aromatic rings. The van der Waals surface area contributed by atoms with E-state index >= 15 is 0 Å². The van der Waals surface area contributed by atoms with Gasteiger partial charge in [0.1, 0.15) is 0 Å². The molecule has 1 rings (SSSR count). The highest BCUT2D eigenvalue weighted by molar-refractivity contribution is 8.14. The van der Waals surface area contributed by atoms with Crippen LogP contribution in [0.3, 0.4) is 0 Å². The largest absolute Gasteiger partial charge is 0.359 e. The fraction of sp³-hybridized carbons (Fsp3) is 0.909. The molecule has 15 heavy (non-hydrogen) atoms. The first-order valence-electron chi connectivity index (χ1n) is 5.54. The Labute approximate surface area is 102 Å². The van der Waals surface area contributed by atoms with Gasteiger partial charge in [-0.05, 0) is 31.3 Å². The lowest BCUT2D eigenvalue weighted by atomic mass is 10.0. The summed E-state index contributed by atoms with van der Waals surface area (Å²) in [5.74, 6) is 3.04. The number of nitrogens with zero attached hydrogens (tertiary/aromatic N) is 1. The summed E-state index contributed by atoms with van der Waals surface area (Å²) in [5.41, 5.74) is 0.270. The van der Waals surface area contributed by atoms with E-state index in [-0.39, 0.29) is 5.54 Å². The fourth-order valence-electron chi connectivity index (χ4n) is 1.41. The van der Waals surface area contributed by atoms with Gasteiger partial charge in [0, 0.05) is 17.8 Å². The van der Waals surface area contributed by atoms with Crippen molar-refractivity contribution in [2.45, 2.75) is 32.7 Å². The van der Waals surface area contributed by atoms with E-state index < -0.39 is 0 Å². The monoisotopic (exact) mass is 246 g/mol. The lowest BCUT2D eigenvalue weighted by molar-refractivity contribution is 0.466. The second-order valence-corrected chi connectivity index (χ2v) is 6.41. The first-order chi connectivity index (χ1) is 7.09. The van der Waals surface area contributed by atoms with Crippen molar-refractivity contribution < 1.29 is 0 Å². The normalized spacial score (nSPS) is 30.5. The maximum Gasteiger partial charge on any atom is 0.157 e. The van der Waals surface area contributed by atoms with Gasteiger partial charge in [-0.2, -0.15) is 11.8 Å². The van der Waals surface area contributed by atoms with Crippen LogP contribution in [0.4, 0.5) is 0 Å². The molecule has 0 bridgehead atoms. The van der Waals surface area contributed by atoms with Gasteiger partial charge in [-0.3, -0.25) is 4.99 Å². The average Bonchev–Trinajstić information content (AvgIpc) is 2.59. The molecule has 2 unspecified atom stereocenters. The number of nitrogens with one attached hydrogen (secondary N) is 1. The highest BCUT2D eigenvalue weighted by atomic mass is 32.2. The molecule has 0 spiro atoms. The molecule has 88 valence electrons. The van der Waals surface area contributed by atoms with Crippen LogP contribution in [0, 0.1) is 5.92 Å². The van der Waals surface area contributed by atoms with Crippen LogP contribution < -0.4 is 5.32 Å². The molecular weight excluding hydrogens is 224 g/mol. The highest BCUT2D eigenvalue weighted by Crippen LogP contribution is 2.25. The fourth-order valence-corrected chi connectivity index (χ4v) is 3.30. The topological polar surface area (TPSA) is 24.4 Å². The van der Waals surface area contributed by atoms with Crippen molar-refractivity contribution in [1.82, 2.24) is 5.32 Å². The number of hydrogen-bond donors (Lipinski definition) is 1. The SMILES string of the molecule is CCC1(C)CSC(=NCC(C)CSC)N1. The van der Waals surface area contributed by atoms with E-state index in [0.29, 0.717) is 5.92 Å². The van der Waals surface area contributed by atoms with Gasteiger partial charge in [-0.1, -0.05) is 25.6 Å². The van der Waals surface area contributed by atoms with Crippen molar-refractivity contribution in [3.63, 3.8) is 0 Å². The van der Waals surface area contributed by atoms with Gasteiger partial charge in [0.15, 0.2) is 5.17 Å². The van der Waals surface area contributed by atoms with Crippen molar-refractivity contribution in [3.05, 3.63) is 0 Å². The Balaban J connectivity index is 2.36. The van der Waals surface area contributed by atoms with Crippen LogP contribution in [0.25, 0.3) is 0 Å². The minimum atomic E-state index is 0.270. The summed E-state index contributed by atoms with van der Waals surface area (Å²) in [5, 5.41) is 4.67. The van der Waals surface area contributed by atoms with E-state index in [1.165, 1.54) is 12.2 Å². The lowest BCUT2D eigenvalue weighted by Gasteiger charge is -2.20. The van der Waals surface area contributed by atoms with Gasteiger partial charge in [-0.15, -0.1) is 0 Å². The van der Waals surface area contributed by atoms with Crippen LogP contribution in [-0.2, 0) is 0 Å². The summed E-state index contributed by atoms with van der Waals surface area (Å²) >= 11 is 3.77. The molecule has 1 aliphatic rings. The summed E-state index contributed by atoms with van der Waals surface area (Å²) < 4.78 is 0. The van der Waals surface area contributed by atoms with Gasteiger partial charge in [0.25, 0.3) is 0 Å². The third-order valence-electron chi connectivity index (χ3n) is 2.71. The van der Waals surface area contributed by atoms with Gasteiger partial charge in [0.05, 0.1) is 0 Å². The summed E-state index contributed by atoms with van der Waals surface area (Å²) in [6.07, 6.45) is 3.32. The van der Waals surface area contributed by atoms with Crippen LogP contribution >= 0.6 is 23.5 Å². The number of amidine groups is 1. The minimum Gasteiger partial charge on any atom is -0.359 e. The van der Waals surface area contributed by atoms with Crippen LogP contribution in [-0.4, -0.2) is 35.0 Å². The Morgan fingerprint density at radius 3 is 2.93 bits per heavy atom.